The van der Waals surface area contributed by atoms with Crippen molar-refractivity contribution in [2.75, 3.05) is 0 Å². The SMILES string of the molecule is CC(C)(C)C(=O)NCc1ccc(C(=O)NC2CC3CCC(C2)N3)cc1. The third kappa shape index (κ3) is 4.60. The van der Waals surface area contributed by atoms with Crippen LogP contribution in [-0.4, -0.2) is 29.9 Å². The summed E-state index contributed by atoms with van der Waals surface area (Å²) in [6, 6.07) is 8.90. The van der Waals surface area contributed by atoms with Gasteiger partial charge in [-0.1, -0.05) is 32.9 Å². The molecule has 0 aromatic heterocycles. The van der Waals surface area contributed by atoms with Crippen LogP contribution >= 0.6 is 0 Å². The maximum atomic E-state index is 12.5. The first-order valence-corrected chi connectivity index (χ1v) is 9.25. The predicted octanol–water partition coefficient (Wildman–Crippen LogP) is 2.36. The summed E-state index contributed by atoms with van der Waals surface area (Å²) in [5.74, 6) is 0.0198. The Labute approximate surface area is 150 Å². The molecular weight excluding hydrogens is 314 g/mol. The summed E-state index contributed by atoms with van der Waals surface area (Å²) in [7, 11) is 0. The number of fused-ring (bicyclic) bond motifs is 2. The van der Waals surface area contributed by atoms with Gasteiger partial charge in [0.2, 0.25) is 5.91 Å². The molecule has 25 heavy (non-hydrogen) atoms. The maximum Gasteiger partial charge on any atom is 0.251 e. The highest BCUT2D eigenvalue weighted by Crippen LogP contribution is 2.26. The average Bonchev–Trinajstić information content (AvgIpc) is 2.90. The van der Waals surface area contributed by atoms with Gasteiger partial charge in [-0.2, -0.15) is 0 Å². The molecule has 2 fully saturated rings. The molecular formula is C20H29N3O2. The molecule has 2 saturated heterocycles. The number of hydrogen-bond acceptors (Lipinski definition) is 3. The molecule has 2 bridgehead atoms. The van der Waals surface area contributed by atoms with Crippen molar-refractivity contribution >= 4 is 11.8 Å². The minimum absolute atomic E-state index is 0.00317. The average molecular weight is 343 g/mol. The Morgan fingerprint density at radius 1 is 1.08 bits per heavy atom. The Morgan fingerprint density at radius 2 is 1.68 bits per heavy atom. The third-order valence-corrected chi connectivity index (χ3v) is 5.16. The number of benzene rings is 1. The van der Waals surface area contributed by atoms with Crippen LogP contribution in [0.25, 0.3) is 0 Å². The van der Waals surface area contributed by atoms with Gasteiger partial charge in [-0.15, -0.1) is 0 Å². The third-order valence-electron chi connectivity index (χ3n) is 5.16. The highest BCUT2D eigenvalue weighted by atomic mass is 16.2. The highest BCUT2D eigenvalue weighted by molar-refractivity contribution is 5.94. The Kier molecular flexibility index (Phi) is 5.13. The summed E-state index contributed by atoms with van der Waals surface area (Å²) in [6.07, 6.45) is 4.51. The molecule has 1 aromatic rings. The van der Waals surface area contributed by atoms with Crippen LogP contribution in [0, 0.1) is 5.41 Å². The van der Waals surface area contributed by atoms with Crippen molar-refractivity contribution in [1.29, 1.82) is 0 Å². The fraction of sp³-hybridized carbons (Fsp3) is 0.600. The molecule has 0 radical (unpaired) electrons. The summed E-state index contributed by atoms with van der Waals surface area (Å²) < 4.78 is 0. The molecule has 5 nitrogen and oxygen atoms in total. The lowest BCUT2D eigenvalue weighted by Crippen LogP contribution is -2.48. The molecule has 2 aliphatic heterocycles. The molecule has 3 rings (SSSR count). The molecule has 1 aromatic carbocycles. The first-order chi connectivity index (χ1) is 11.8. The van der Waals surface area contributed by atoms with Crippen LogP contribution in [0.4, 0.5) is 0 Å². The zero-order chi connectivity index (χ0) is 18.0. The molecule has 0 spiro atoms. The minimum Gasteiger partial charge on any atom is -0.352 e. The first-order valence-electron chi connectivity index (χ1n) is 9.25. The van der Waals surface area contributed by atoms with Crippen LogP contribution in [-0.2, 0) is 11.3 Å². The number of carbonyl (C=O) groups is 2. The van der Waals surface area contributed by atoms with Crippen LogP contribution < -0.4 is 16.0 Å². The molecule has 2 atom stereocenters. The van der Waals surface area contributed by atoms with Gasteiger partial charge in [-0.25, -0.2) is 0 Å². The fourth-order valence-corrected chi connectivity index (χ4v) is 3.67. The second-order valence-corrected chi connectivity index (χ2v) is 8.41. The zero-order valence-electron chi connectivity index (χ0n) is 15.4. The molecule has 2 aliphatic rings. The predicted molar refractivity (Wildman–Crippen MR) is 98.2 cm³/mol. The summed E-state index contributed by atoms with van der Waals surface area (Å²) in [5, 5.41) is 9.69. The van der Waals surface area contributed by atoms with Gasteiger partial charge in [-0.05, 0) is 43.4 Å². The van der Waals surface area contributed by atoms with Gasteiger partial charge in [0.25, 0.3) is 5.91 Å². The van der Waals surface area contributed by atoms with Crippen LogP contribution in [0.2, 0.25) is 0 Å². The van der Waals surface area contributed by atoms with E-state index < -0.39 is 5.41 Å². The molecule has 5 heteroatoms. The molecule has 2 heterocycles. The smallest absolute Gasteiger partial charge is 0.251 e. The largest absolute Gasteiger partial charge is 0.352 e. The van der Waals surface area contributed by atoms with E-state index in [0.717, 1.165) is 18.4 Å². The minimum atomic E-state index is -0.395. The standard InChI is InChI=1S/C20H29N3O2/c1-20(2,3)19(25)21-12-13-4-6-14(7-5-13)18(24)23-17-10-15-8-9-16(11-17)22-15/h4-7,15-17,22H,8-12H2,1-3H3,(H,21,25)(H,23,24). The highest BCUT2D eigenvalue weighted by Gasteiger charge is 2.34. The van der Waals surface area contributed by atoms with Crippen molar-refractivity contribution < 1.29 is 9.59 Å². The van der Waals surface area contributed by atoms with E-state index in [0.29, 0.717) is 24.2 Å². The Hall–Kier alpha value is -1.88. The van der Waals surface area contributed by atoms with Gasteiger partial charge in [-0.3, -0.25) is 9.59 Å². The summed E-state index contributed by atoms with van der Waals surface area (Å²) in [6.45, 7) is 6.16. The number of rotatable bonds is 4. The van der Waals surface area contributed by atoms with E-state index in [1.807, 2.05) is 45.0 Å². The number of piperidine rings is 1. The van der Waals surface area contributed by atoms with Crippen molar-refractivity contribution in [1.82, 2.24) is 16.0 Å². The van der Waals surface area contributed by atoms with Crippen molar-refractivity contribution in [2.24, 2.45) is 5.41 Å². The van der Waals surface area contributed by atoms with Crippen LogP contribution in [0.3, 0.4) is 0 Å². The first kappa shape index (κ1) is 17.9. The quantitative estimate of drug-likeness (QED) is 0.786. The lowest BCUT2D eigenvalue weighted by atomic mass is 9.95. The van der Waals surface area contributed by atoms with Crippen LogP contribution in [0.15, 0.2) is 24.3 Å². The van der Waals surface area contributed by atoms with E-state index in [1.54, 1.807) is 0 Å². The Morgan fingerprint density at radius 3 is 2.24 bits per heavy atom. The van der Waals surface area contributed by atoms with Gasteiger partial charge in [0.05, 0.1) is 0 Å². The molecule has 0 saturated carbocycles. The monoisotopic (exact) mass is 343 g/mol. The topological polar surface area (TPSA) is 70.2 Å². The van der Waals surface area contributed by atoms with E-state index in [4.69, 9.17) is 0 Å². The number of hydrogen-bond donors (Lipinski definition) is 3. The molecule has 3 N–H and O–H groups in total. The van der Waals surface area contributed by atoms with Crippen molar-refractivity contribution in [3.05, 3.63) is 35.4 Å². The van der Waals surface area contributed by atoms with E-state index in [2.05, 4.69) is 16.0 Å². The van der Waals surface area contributed by atoms with Gasteiger partial charge >= 0.3 is 0 Å². The zero-order valence-corrected chi connectivity index (χ0v) is 15.4. The van der Waals surface area contributed by atoms with E-state index in [9.17, 15) is 9.59 Å². The maximum absolute atomic E-state index is 12.5. The Balaban J connectivity index is 1.51. The molecule has 2 unspecified atom stereocenters. The van der Waals surface area contributed by atoms with Gasteiger partial charge in [0.1, 0.15) is 0 Å². The molecule has 136 valence electrons. The second kappa shape index (κ2) is 7.16. The van der Waals surface area contributed by atoms with Crippen molar-refractivity contribution in [2.45, 2.75) is 71.1 Å². The number of carbonyl (C=O) groups excluding carboxylic acids is 2. The number of amides is 2. The van der Waals surface area contributed by atoms with E-state index >= 15 is 0 Å². The number of nitrogens with one attached hydrogen (secondary N) is 3. The lowest BCUT2D eigenvalue weighted by Gasteiger charge is -2.29. The normalized spacial score (nSPS) is 25.5. The van der Waals surface area contributed by atoms with E-state index in [-0.39, 0.29) is 17.9 Å². The summed E-state index contributed by atoms with van der Waals surface area (Å²) in [5.41, 5.74) is 1.28. The molecule has 0 aliphatic carbocycles. The van der Waals surface area contributed by atoms with Crippen LogP contribution in [0.5, 0.6) is 0 Å². The van der Waals surface area contributed by atoms with Gasteiger partial charge in [0, 0.05) is 35.6 Å². The summed E-state index contributed by atoms with van der Waals surface area (Å²) >= 11 is 0. The molecule has 2 amide bonds. The van der Waals surface area contributed by atoms with E-state index in [1.165, 1.54) is 12.8 Å². The van der Waals surface area contributed by atoms with Gasteiger partial charge in [0.15, 0.2) is 0 Å². The Bertz CT molecular complexity index is 621. The van der Waals surface area contributed by atoms with Crippen LogP contribution in [0.1, 0.15) is 62.4 Å². The van der Waals surface area contributed by atoms with Gasteiger partial charge < -0.3 is 16.0 Å². The fourth-order valence-electron chi connectivity index (χ4n) is 3.67. The second-order valence-electron chi connectivity index (χ2n) is 8.41. The van der Waals surface area contributed by atoms with Crippen molar-refractivity contribution in [3.8, 4) is 0 Å². The summed E-state index contributed by atoms with van der Waals surface area (Å²) in [4.78, 5) is 24.4. The van der Waals surface area contributed by atoms with Crippen molar-refractivity contribution in [3.63, 3.8) is 0 Å². The lowest BCUT2D eigenvalue weighted by molar-refractivity contribution is -0.128.